The Labute approximate surface area is 104 Å². The molecule has 1 fully saturated rings. The summed E-state index contributed by atoms with van der Waals surface area (Å²) in [4.78, 5) is 11.4. The standard InChI is InChI=1S/C13H25NO3/c1-12(2,17-4)9-13(3,11(15)16)14-8-10-6-5-7-10/h10,14H,5-9H2,1-4H3,(H,15,16). The molecule has 0 amide bonds. The van der Waals surface area contributed by atoms with E-state index in [4.69, 9.17) is 4.74 Å². The van der Waals surface area contributed by atoms with E-state index in [0.29, 0.717) is 12.3 Å². The first-order valence-electron chi connectivity index (χ1n) is 6.33. The van der Waals surface area contributed by atoms with Gasteiger partial charge in [0.25, 0.3) is 0 Å². The third-order valence-electron chi connectivity index (χ3n) is 3.81. The molecule has 0 aromatic rings. The van der Waals surface area contributed by atoms with Crippen LogP contribution in [0.3, 0.4) is 0 Å². The lowest BCUT2D eigenvalue weighted by atomic mass is 9.83. The van der Waals surface area contributed by atoms with Crippen LogP contribution in [-0.2, 0) is 9.53 Å². The van der Waals surface area contributed by atoms with Gasteiger partial charge in [0.1, 0.15) is 5.54 Å². The van der Waals surface area contributed by atoms with Crippen molar-refractivity contribution in [3.8, 4) is 0 Å². The van der Waals surface area contributed by atoms with Gasteiger partial charge in [-0.1, -0.05) is 6.42 Å². The summed E-state index contributed by atoms with van der Waals surface area (Å²) in [6.45, 7) is 6.37. The number of aliphatic carboxylic acids is 1. The van der Waals surface area contributed by atoms with E-state index in [9.17, 15) is 9.90 Å². The van der Waals surface area contributed by atoms with E-state index in [-0.39, 0.29) is 0 Å². The van der Waals surface area contributed by atoms with Crippen molar-refractivity contribution >= 4 is 5.97 Å². The molecule has 0 saturated heterocycles. The monoisotopic (exact) mass is 243 g/mol. The second-order valence-electron chi connectivity index (χ2n) is 5.96. The summed E-state index contributed by atoms with van der Waals surface area (Å²) in [5.74, 6) is -0.152. The Morgan fingerprint density at radius 1 is 1.41 bits per heavy atom. The Kier molecular flexibility index (Phi) is 4.55. The molecule has 0 aromatic carbocycles. The minimum atomic E-state index is -0.908. The summed E-state index contributed by atoms with van der Waals surface area (Å²) in [6.07, 6.45) is 4.17. The third kappa shape index (κ3) is 3.96. The molecule has 0 aromatic heterocycles. The SMILES string of the molecule is COC(C)(C)CC(C)(NCC1CCC1)C(=O)O. The molecule has 0 aliphatic heterocycles. The normalized spacial score (nSPS) is 20.7. The molecule has 1 atom stereocenters. The van der Waals surface area contributed by atoms with E-state index in [0.717, 1.165) is 6.54 Å². The van der Waals surface area contributed by atoms with Gasteiger partial charge in [-0.05, 0) is 46.1 Å². The molecule has 0 bridgehead atoms. The predicted molar refractivity (Wildman–Crippen MR) is 67.1 cm³/mol. The maximum absolute atomic E-state index is 11.4. The van der Waals surface area contributed by atoms with Crippen LogP contribution in [0.5, 0.6) is 0 Å². The van der Waals surface area contributed by atoms with Gasteiger partial charge in [0.2, 0.25) is 0 Å². The highest BCUT2D eigenvalue weighted by atomic mass is 16.5. The highest BCUT2D eigenvalue weighted by molar-refractivity contribution is 5.78. The largest absolute Gasteiger partial charge is 0.480 e. The topological polar surface area (TPSA) is 58.6 Å². The Morgan fingerprint density at radius 2 is 2.00 bits per heavy atom. The van der Waals surface area contributed by atoms with Gasteiger partial charge in [-0.15, -0.1) is 0 Å². The van der Waals surface area contributed by atoms with Crippen molar-refractivity contribution in [3.63, 3.8) is 0 Å². The van der Waals surface area contributed by atoms with Gasteiger partial charge in [0.05, 0.1) is 5.60 Å². The van der Waals surface area contributed by atoms with Crippen molar-refractivity contribution in [1.82, 2.24) is 5.32 Å². The number of hydrogen-bond donors (Lipinski definition) is 2. The van der Waals surface area contributed by atoms with Crippen LogP contribution in [0.15, 0.2) is 0 Å². The van der Waals surface area contributed by atoms with Crippen LogP contribution in [0.1, 0.15) is 46.5 Å². The first-order chi connectivity index (χ1) is 7.79. The summed E-state index contributed by atoms with van der Waals surface area (Å²) in [6, 6.07) is 0. The van der Waals surface area contributed by atoms with Crippen molar-refractivity contribution in [1.29, 1.82) is 0 Å². The lowest BCUT2D eigenvalue weighted by Gasteiger charge is -2.36. The lowest BCUT2D eigenvalue weighted by molar-refractivity contribution is -0.147. The number of nitrogens with one attached hydrogen (secondary N) is 1. The van der Waals surface area contributed by atoms with Crippen molar-refractivity contribution in [2.45, 2.75) is 57.6 Å². The zero-order valence-corrected chi connectivity index (χ0v) is 11.4. The molecule has 0 heterocycles. The molecule has 4 heteroatoms. The average Bonchev–Trinajstić information content (AvgIpc) is 2.14. The average molecular weight is 243 g/mol. The fourth-order valence-electron chi connectivity index (χ4n) is 2.20. The van der Waals surface area contributed by atoms with E-state index in [1.807, 2.05) is 13.8 Å². The molecule has 1 unspecified atom stereocenters. The quantitative estimate of drug-likeness (QED) is 0.718. The van der Waals surface area contributed by atoms with Crippen molar-refractivity contribution < 1.29 is 14.6 Å². The molecule has 1 rings (SSSR count). The molecular formula is C13H25NO3. The Balaban J connectivity index is 2.57. The fraction of sp³-hybridized carbons (Fsp3) is 0.923. The smallest absolute Gasteiger partial charge is 0.323 e. The van der Waals surface area contributed by atoms with Crippen LogP contribution >= 0.6 is 0 Å². The molecular weight excluding hydrogens is 218 g/mol. The minimum Gasteiger partial charge on any atom is -0.480 e. The Hall–Kier alpha value is -0.610. The van der Waals surface area contributed by atoms with E-state index in [1.165, 1.54) is 19.3 Å². The zero-order chi connectivity index (χ0) is 13.1. The van der Waals surface area contributed by atoms with Crippen LogP contribution in [0.2, 0.25) is 0 Å². The van der Waals surface area contributed by atoms with Gasteiger partial charge in [-0.25, -0.2) is 0 Å². The van der Waals surface area contributed by atoms with Crippen LogP contribution in [0.4, 0.5) is 0 Å². The van der Waals surface area contributed by atoms with E-state index < -0.39 is 17.1 Å². The van der Waals surface area contributed by atoms with Crippen molar-refractivity contribution in [2.24, 2.45) is 5.92 Å². The molecule has 1 aliphatic rings. The first kappa shape index (κ1) is 14.5. The summed E-state index contributed by atoms with van der Waals surface area (Å²) in [5, 5.41) is 12.6. The van der Waals surface area contributed by atoms with Crippen LogP contribution < -0.4 is 5.32 Å². The van der Waals surface area contributed by atoms with Crippen molar-refractivity contribution in [2.75, 3.05) is 13.7 Å². The summed E-state index contributed by atoms with van der Waals surface area (Å²) in [7, 11) is 1.62. The van der Waals surface area contributed by atoms with Crippen molar-refractivity contribution in [3.05, 3.63) is 0 Å². The number of carboxylic acids is 1. The second-order valence-corrected chi connectivity index (χ2v) is 5.96. The predicted octanol–water partition coefficient (Wildman–Crippen LogP) is 2.03. The van der Waals surface area contributed by atoms with Crippen LogP contribution in [-0.4, -0.2) is 35.9 Å². The number of rotatable bonds is 7. The van der Waals surface area contributed by atoms with Crippen LogP contribution in [0.25, 0.3) is 0 Å². The summed E-state index contributed by atoms with van der Waals surface area (Å²) >= 11 is 0. The molecule has 1 saturated carbocycles. The summed E-state index contributed by atoms with van der Waals surface area (Å²) in [5.41, 5.74) is -1.34. The zero-order valence-electron chi connectivity index (χ0n) is 11.4. The number of ether oxygens (including phenoxy) is 1. The Bertz CT molecular complexity index is 274. The third-order valence-corrected chi connectivity index (χ3v) is 3.81. The van der Waals surface area contributed by atoms with Gasteiger partial charge in [0, 0.05) is 13.5 Å². The Morgan fingerprint density at radius 3 is 2.35 bits per heavy atom. The molecule has 100 valence electrons. The minimum absolute atomic E-state index is 0.431. The fourth-order valence-corrected chi connectivity index (χ4v) is 2.20. The molecule has 2 N–H and O–H groups in total. The second kappa shape index (κ2) is 5.36. The van der Waals surface area contributed by atoms with E-state index in [1.54, 1.807) is 14.0 Å². The molecule has 0 spiro atoms. The number of carboxylic acid groups (broad SMARTS) is 1. The number of hydrogen-bond acceptors (Lipinski definition) is 3. The number of methoxy groups -OCH3 is 1. The van der Waals surface area contributed by atoms with E-state index in [2.05, 4.69) is 5.32 Å². The van der Waals surface area contributed by atoms with Gasteiger partial charge >= 0.3 is 5.97 Å². The van der Waals surface area contributed by atoms with Gasteiger partial charge in [-0.3, -0.25) is 4.79 Å². The highest BCUT2D eigenvalue weighted by Crippen LogP contribution is 2.28. The molecule has 4 nitrogen and oxygen atoms in total. The molecule has 0 radical (unpaired) electrons. The summed E-state index contributed by atoms with van der Waals surface area (Å²) < 4.78 is 5.33. The van der Waals surface area contributed by atoms with E-state index >= 15 is 0 Å². The van der Waals surface area contributed by atoms with Gasteiger partial charge in [0.15, 0.2) is 0 Å². The molecule has 17 heavy (non-hydrogen) atoms. The number of carbonyl (C=O) groups is 1. The maximum atomic E-state index is 11.4. The maximum Gasteiger partial charge on any atom is 0.323 e. The lowest BCUT2D eigenvalue weighted by Crippen LogP contribution is -2.55. The molecule has 1 aliphatic carbocycles. The van der Waals surface area contributed by atoms with Gasteiger partial charge < -0.3 is 15.2 Å². The highest BCUT2D eigenvalue weighted by Gasteiger charge is 2.39. The van der Waals surface area contributed by atoms with Gasteiger partial charge in [-0.2, -0.15) is 0 Å². The first-order valence-corrected chi connectivity index (χ1v) is 6.33. The van der Waals surface area contributed by atoms with Crippen LogP contribution in [0, 0.1) is 5.92 Å².